The van der Waals surface area contributed by atoms with Crippen molar-refractivity contribution < 1.29 is 0 Å². The SMILES string of the molecule is c1ccc2[nH]c(SSc3nc4ncncc4[nH]3)nc2c1. The summed E-state index contributed by atoms with van der Waals surface area (Å²) >= 11 is 0. The highest BCUT2D eigenvalue weighted by atomic mass is 33.1. The van der Waals surface area contributed by atoms with Gasteiger partial charge in [0, 0.05) is 0 Å². The minimum atomic E-state index is 0.674. The Kier molecular flexibility index (Phi) is 2.82. The van der Waals surface area contributed by atoms with Gasteiger partial charge in [-0.15, -0.1) is 0 Å². The lowest BCUT2D eigenvalue weighted by molar-refractivity contribution is 1.08. The second-order valence-electron chi connectivity index (χ2n) is 4.03. The number of benzene rings is 1. The third-order valence-electron chi connectivity index (χ3n) is 2.71. The van der Waals surface area contributed by atoms with Gasteiger partial charge in [0.1, 0.15) is 11.8 Å². The number of imidazole rings is 2. The molecule has 0 aliphatic heterocycles. The number of nitrogens with one attached hydrogen (secondary N) is 2. The fourth-order valence-electron chi connectivity index (χ4n) is 1.83. The van der Waals surface area contributed by atoms with E-state index in [-0.39, 0.29) is 0 Å². The van der Waals surface area contributed by atoms with Crippen LogP contribution in [0, 0.1) is 0 Å². The third-order valence-corrected chi connectivity index (χ3v) is 4.69. The Morgan fingerprint density at radius 3 is 2.55 bits per heavy atom. The maximum absolute atomic E-state index is 4.50. The first-order valence-electron chi connectivity index (χ1n) is 5.83. The average molecular weight is 300 g/mol. The van der Waals surface area contributed by atoms with Gasteiger partial charge >= 0.3 is 0 Å². The zero-order valence-electron chi connectivity index (χ0n) is 10.1. The molecule has 0 saturated carbocycles. The molecule has 3 heterocycles. The Morgan fingerprint density at radius 1 is 0.900 bits per heavy atom. The van der Waals surface area contributed by atoms with Crippen LogP contribution in [0.2, 0.25) is 0 Å². The lowest BCUT2D eigenvalue weighted by Crippen LogP contribution is -1.76. The van der Waals surface area contributed by atoms with Gasteiger partial charge in [0.15, 0.2) is 16.0 Å². The molecule has 1 aromatic carbocycles. The first-order chi connectivity index (χ1) is 9.88. The predicted molar refractivity (Wildman–Crippen MR) is 79.5 cm³/mol. The largest absolute Gasteiger partial charge is 0.332 e. The highest BCUT2D eigenvalue weighted by Gasteiger charge is 2.08. The standard InChI is InChI=1S/C12H8N6S2/c1-2-4-8-7(3-1)15-11(16-8)19-20-12-17-9-5-13-6-14-10(9)18-12/h1-6H,(H,15,16)(H,13,14,17,18). The van der Waals surface area contributed by atoms with Crippen LogP contribution >= 0.6 is 21.6 Å². The van der Waals surface area contributed by atoms with Crippen LogP contribution in [0.4, 0.5) is 0 Å². The van der Waals surface area contributed by atoms with Crippen LogP contribution in [0.3, 0.4) is 0 Å². The molecule has 0 bridgehead atoms. The maximum atomic E-state index is 4.50. The molecule has 98 valence electrons. The van der Waals surface area contributed by atoms with Crippen molar-refractivity contribution in [2.45, 2.75) is 10.3 Å². The number of fused-ring (bicyclic) bond motifs is 2. The molecule has 6 nitrogen and oxygen atoms in total. The fourth-order valence-corrected chi connectivity index (χ4v) is 3.49. The molecule has 0 amide bonds. The van der Waals surface area contributed by atoms with Crippen LogP contribution in [0.25, 0.3) is 22.2 Å². The molecule has 0 fully saturated rings. The summed E-state index contributed by atoms with van der Waals surface area (Å²) in [5.41, 5.74) is 3.50. The molecule has 0 spiro atoms. The quantitative estimate of drug-likeness (QED) is 0.566. The highest BCUT2D eigenvalue weighted by Crippen LogP contribution is 2.35. The van der Waals surface area contributed by atoms with Crippen molar-refractivity contribution in [2.24, 2.45) is 0 Å². The number of hydrogen-bond donors (Lipinski definition) is 2. The second-order valence-corrected chi connectivity index (χ2v) is 6.13. The Bertz CT molecular complexity index is 744. The first-order valence-corrected chi connectivity index (χ1v) is 7.98. The molecule has 0 aliphatic carbocycles. The van der Waals surface area contributed by atoms with Crippen molar-refractivity contribution in [2.75, 3.05) is 0 Å². The van der Waals surface area contributed by atoms with Crippen LogP contribution < -0.4 is 0 Å². The molecule has 0 saturated heterocycles. The minimum absolute atomic E-state index is 0.674. The van der Waals surface area contributed by atoms with Crippen LogP contribution in [0.1, 0.15) is 0 Å². The number of hydrogen-bond acceptors (Lipinski definition) is 6. The van der Waals surface area contributed by atoms with Gasteiger partial charge in [-0.05, 0) is 33.7 Å². The monoisotopic (exact) mass is 300 g/mol. The van der Waals surface area contributed by atoms with Crippen LogP contribution in [0.15, 0.2) is 47.1 Å². The first kappa shape index (κ1) is 11.7. The number of nitrogens with zero attached hydrogens (tertiary/aromatic N) is 4. The van der Waals surface area contributed by atoms with E-state index in [1.54, 1.807) is 6.20 Å². The Morgan fingerprint density at radius 2 is 1.70 bits per heavy atom. The lowest BCUT2D eigenvalue weighted by atomic mass is 10.3. The molecular formula is C12H8N6S2. The average Bonchev–Trinajstić information content (AvgIpc) is 3.07. The van der Waals surface area contributed by atoms with Gasteiger partial charge < -0.3 is 9.97 Å². The van der Waals surface area contributed by atoms with Gasteiger partial charge in [-0.1, -0.05) is 12.1 Å². The zero-order valence-corrected chi connectivity index (χ0v) is 11.7. The lowest BCUT2D eigenvalue weighted by Gasteiger charge is -1.91. The van der Waals surface area contributed by atoms with Crippen molar-refractivity contribution >= 4 is 43.8 Å². The highest BCUT2D eigenvalue weighted by molar-refractivity contribution is 8.76. The smallest absolute Gasteiger partial charge is 0.181 e. The van der Waals surface area contributed by atoms with Crippen molar-refractivity contribution in [3.8, 4) is 0 Å². The summed E-state index contributed by atoms with van der Waals surface area (Å²) in [7, 11) is 3.03. The van der Waals surface area contributed by atoms with Crippen molar-refractivity contribution in [1.82, 2.24) is 29.9 Å². The summed E-state index contributed by atoms with van der Waals surface area (Å²) in [5.74, 6) is 0. The molecule has 2 N–H and O–H groups in total. The van der Waals surface area contributed by atoms with E-state index in [4.69, 9.17) is 0 Å². The van der Waals surface area contributed by atoms with Crippen molar-refractivity contribution in [3.05, 3.63) is 36.8 Å². The van der Waals surface area contributed by atoms with Gasteiger partial charge in [0.25, 0.3) is 0 Å². The Balaban J connectivity index is 1.57. The summed E-state index contributed by atoms with van der Waals surface area (Å²) in [4.78, 5) is 23.3. The van der Waals surface area contributed by atoms with E-state index in [1.165, 1.54) is 27.9 Å². The number of aromatic nitrogens is 6. The van der Waals surface area contributed by atoms with Gasteiger partial charge in [0.2, 0.25) is 0 Å². The molecule has 20 heavy (non-hydrogen) atoms. The van der Waals surface area contributed by atoms with E-state index in [1.807, 2.05) is 24.3 Å². The molecule has 0 radical (unpaired) electrons. The summed E-state index contributed by atoms with van der Waals surface area (Å²) in [6.07, 6.45) is 3.20. The van der Waals surface area contributed by atoms with Gasteiger partial charge in [-0.3, -0.25) is 0 Å². The van der Waals surface area contributed by atoms with E-state index in [0.29, 0.717) is 5.65 Å². The van der Waals surface area contributed by atoms with Gasteiger partial charge in [-0.25, -0.2) is 19.9 Å². The second kappa shape index (κ2) is 4.80. The summed E-state index contributed by atoms with van der Waals surface area (Å²) < 4.78 is 0. The topological polar surface area (TPSA) is 83.1 Å². The normalized spacial score (nSPS) is 11.4. The molecule has 3 aromatic heterocycles. The molecule has 0 atom stereocenters. The predicted octanol–water partition coefficient (Wildman–Crippen LogP) is 3.03. The van der Waals surface area contributed by atoms with Gasteiger partial charge in [0.05, 0.1) is 17.2 Å². The molecule has 0 aliphatic rings. The van der Waals surface area contributed by atoms with E-state index < -0.39 is 0 Å². The van der Waals surface area contributed by atoms with Crippen LogP contribution in [-0.4, -0.2) is 29.9 Å². The molecule has 4 aromatic rings. The third kappa shape index (κ3) is 2.12. The summed E-state index contributed by atoms with van der Waals surface area (Å²) in [6.45, 7) is 0. The van der Waals surface area contributed by atoms with Crippen LogP contribution in [0.5, 0.6) is 0 Å². The summed E-state index contributed by atoms with van der Waals surface area (Å²) in [5, 5.41) is 1.63. The van der Waals surface area contributed by atoms with E-state index in [2.05, 4.69) is 29.9 Å². The number of aromatic amines is 2. The zero-order chi connectivity index (χ0) is 13.4. The number of H-pyrrole nitrogens is 2. The number of rotatable bonds is 3. The van der Waals surface area contributed by atoms with Crippen molar-refractivity contribution in [3.63, 3.8) is 0 Å². The van der Waals surface area contributed by atoms with Crippen molar-refractivity contribution in [1.29, 1.82) is 0 Å². The molecular weight excluding hydrogens is 292 g/mol. The molecule has 4 rings (SSSR count). The number of para-hydroxylation sites is 2. The van der Waals surface area contributed by atoms with Crippen LogP contribution in [-0.2, 0) is 0 Å². The van der Waals surface area contributed by atoms with E-state index in [0.717, 1.165) is 26.9 Å². The maximum Gasteiger partial charge on any atom is 0.181 e. The Labute approximate surface area is 121 Å². The Hall–Kier alpha value is -2.06. The van der Waals surface area contributed by atoms with E-state index >= 15 is 0 Å². The molecule has 8 heteroatoms. The van der Waals surface area contributed by atoms with E-state index in [9.17, 15) is 0 Å². The minimum Gasteiger partial charge on any atom is -0.332 e. The van der Waals surface area contributed by atoms with Gasteiger partial charge in [-0.2, -0.15) is 0 Å². The molecule has 0 unspecified atom stereocenters. The summed E-state index contributed by atoms with van der Waals surface area (Å²) in [6, 6.07) is 7.95. The fraction of sp³-hybridized carbons (Fsp3) is 0.